The van der Waals surface area contributed by atoms with Crippen LogP contribution in [0.25, 0.3) is 11.4 Å². The van der Waals surface area contributed by atoms with Crippen LogP contribution in [0.3, 0.4) is 0 Å². The second-order valence-corrected chi connectivity index (χ2v) is 5.10. The Labute approximate surface area is 137 Å². The van der Waals surface area contributed by atoms with Crippen LogP contribution in [0.2, 0.25) is 0 Å². The molecule has 0 unspecified atom stereocenters. The SMILES string of the molecule is Cn1c(-c2ccc(O)c(O)c2)nc(N(N)c2ccccc2)nc1=O. The number of para-hydroxylation sites is 1. The first-order chi connectivity index (χ1) is 11.5. The Hall–Kier alpha value is -3.39. The van der Waals surface area contributed by atoms with Gasteiger partial charge in [-0.25, -0.2) is 15.6 Å². The minimum atomic E-state index is -0.547. The molecule has 0 spiro atoms. The predicted octanol–water partition coefficient (Wildman–Crippen LogP) is 1.27. The summed E-state index contributed by atoms with van der Waals surface area (Å²) in [6.07, 6.45) is 0. The Morgan fingerprint density at radius 2 is 1.75 bits per heavy atom. The minimum absolute atomic E-state index is 0.0202. The van der Waals surface area contributed by atoms with Gasteiger partial charge in [0.25, 0.3) is 5.95 Å². The fourth-order valence-electron chi connectivity index (χ4n) is 2.18. The van der Waals surface area contributed by atoms with Gasteiger partial charge in [0.1, 0.15) is 5.82 Å². The molecule has 0 fully saturated rings. The van der Waals surface area contributed by atoms with Crippen molar-refractivity contribution in [2.45, 2.75) is 0 Å². The Morgan fingerprint density at radius 3 is 2.42 bits per heavy atom. The van der Waals surface area contributed by atoms with Gasteiger partial charge in [0.05, 0.1) is 5.69 Å². The molecule has 0 bridgehead atoms. The number of aromatic nitrogens is 3. The monoisotopic (exact) mass is 325 g/mol. The van der Waals surface area contributed by atoms with Crippen molar-refractivity contribution in [2.24, 2.45) is 12.9 Å². The van der Waals surface area contributed by atoms with Gasteiger partial charge >= 0.3 is 5.69 Å². The Balaban J connectivity index is 2.13. The van der Waals surface area contributed by atoms with Gasteiger partial charge in [-0.3, -0.25) is 4.57 Å². The molecule has 0 saturated carbocycles. The molecule has 1 heterocycles. The summed E-state index contributed by atoms with van der Waals surface area (Å²) in [4.78, 5) is 20.3. The van der Waals surface area contributed by atoms with Crippen molar-refractivity contribution in [1.29, 1.82) is 0 Å². The number of aromatic hydroxyl groups is 2. The molecule has 3 aromatic rings. The van der Waals surface area contributed by atoms with Gasteiger partial charge < -0.3 is 10.2 Å². The molecule has 3 rings (SSSR count). The first-order valence-electron chi connectivity index (χ1n) is 7.04. The molecule has 0 aliphatic rings. The van der Waals surface area contributed by atoms with E-state index < -0.39 is 5.69 Å². The molecule has 0 radical (unpaired) electrons. The number of hydrogen-bond acceptors (Lipinski definition) is 7. The molecule has 0 aliphatic heterocycles. The van der Waals surface area contributed by atoms with Gasteiger partial charge in [-0.15, -0.1) is 0 Å². The molecule has 0 atom stereocenters. The van der Waals surface area contributed by atoms with Gasteiger partial charge in [0.15, 0.2) is 11.5 Å². The first-order valence-corrected chi connectivity index (χ1v) is 7.04. The van der Waals surface area contributed by atoms with E-state index in [2.05, 4.69) is 9.97 Å². The molecule has 24 heavy (non-hydrogen) atoms. The van der Waals surface area contributed by atoms with E-state index in [-0.39, 0.29) is 23.3 Å². The van der Waals surface area contributed by atoms with E-state index in [4.69, 9.17) is 5.84 Å². The van der Waals surface area contributed by atoms with Crippen molar-refractivity contribution >= 4 is 11.6 Å². The first kappa shape index (κ1) is 15.5. The van der Waals surface area contributed by atoms with Crippen molar-refractivity contribution in [1.82, 2.24) is 14.5 Å². The molecule has 122 valence electrons. The van der Waals surface area contributed by atoms with Crippen molar-refractivity contribution in [3.05, 3.63) is 59.0 Å². The lowest BCUT2D eigenvalue weighted by atomic mass is 10.2. The average molecular weight is 325 g/mol. The number of benzene rings is 2. The number of nitrogens with two attached hydrogens (primary N) is 1. The van der Waals surface area contributed by atoms with Crippen molar-refractivity contribution in [3.8, 4) is 22.9 Å². The van der Waals surface area contributed by atoms with Crippen molar-refractivity contribution in [2.75, 3.05) is 5.01 Å². The highest BCUT2D eigenvalue weighted by Crippen LogP contribution is 2.29. The van der Waals surface area contributed by atoms with Gasteiger partial charge in [-0.1, -0.05) is 18.2 Å². The fraction of sp³-hybridized carbons (Fsp3) is 0.0625. The van der Waals surface area contributed by atoms with Crippen LogP contribution >= 0.6 is 0 Å². The van der Waals surface area contributed by atoms with Crippen LogP contribution in [-0.2, 0) is 7.05 Å². The summed E-state index contributed by atoms with van der Waals surface area (Å²) in [6.45, 7) is 0. The molecule has 8 heteroatoms. The molecule has 0 saturated heterocycles. The maximum atomic E-state index is 12.1. The maximum absolute atomic E-state index is 12.1. The summed E-state index contributed by atoms with van der Waals surface area (Å²) < 4.78 is 1.23. The number of hydrogen-bond donors (Lipinski definition) is 3. The highest BCUT2D eigenvalue weighted by atomic mass is 16.3. The van der Waals surface area contributed by atoms with Crippen LogP contribution < -0.4 is 16.5 Å². The normalized spacial score (nSPS) is 10.6. The van der Waals surface area contributed by atoms with Gasteiger partial charge in [0, 0.05) is 12.6 Å². The predicted molar refractivity (Wildman–Crippen MR) is 88.8 cm³/mol. The third-order valence-electron chi connectivity index (χ3n) is 3.49. The van der Waals surface area contributed by atoms with E-state index in [1.165, 1.54) is 34.8 Å². The number of rotatable bonds is 3. The molecular formula is C16H15N5O3. The summed E-state index contributed by atoms with van der Waals surface area (Å²) in [7, 11) is 1.51. The van der Waals surface area contributed by atoms with E-state index in [9.17, 15) is 15.0 Å². The second-order valence-electron chi connectivity index (χ2n) is 5.10. The third-order valence-corrected chi connectivity index (χ3v) is 3.49. The van der Waals surface area contributed by atoms with Crippen LogP contribution in [0.1, 0.15) is 0 Å². The summed E-state index contributed by atoms with van der Waals surface area (Å²) >= 11 is 0. The lowest BCUT2D eigenvalue weighted by molar-refractivity contribution is 0.404. The van der Waals surface area contributed by atoms with E-state index in [1.807, 2.05) is 6.07 Å². The Morgan fingerprint density at radius 1 is 1.04 bits per heavy atom. The largest absolute Gasteiger partial charge is 0.504 e. The topological polar surface area (TPSA) is 118 Å². The standard InChI is InChI=1S/C16H15N5O3/c1-20-14(10-7-8-12(22)13(23)9-10)18-15(19-16(20)24)21(17)11-5-3-2-4-6-11/h2-9,22-23H,17H2,1H3. The Kier molecular flexibility index (Phi) is 3.88. The highest BCUT2D eigenvalue weighted by Gasteiger charge is 2.15. The van der Waals surface area contributed by atoms with Gasteiger partial charge in [-0.05, 0) is 30.3 Å². The van der Waals surface area contributed by atoms with Crippen LogP contribution in [0.15, 0.2) is 53.3 Å². The maximum Gasteiger partial charge on any atom is 0.352 e. The van der Waals surface area contributed by atoms with Crippen molar-refractivity contribution in [3.63, 3.8) is 0 Å². The molecule has 0 aliphatic carbocycles. The van der Waals surface area contributed by atoms with Crippen LogP contribution in [0.5, 0.6) is 11.5 Å². The number of hydrazine groups is 1. The molecule has 8 nitrogen and oxygen atoms in total. The van der Waals surface area contributed by atoms with Crippen LogP contribution in [0.4, 0.5) is 11.6 Å². The molecule has 1 aromatic heterocycles. The quantitative estimate of drug-likeness (QED) is 0.377. The van der Waals surface area contributed by atoms with Gasteiger partial charge in [0.2, 0.25) is 0 Å². The summed E-state index contributed by atoms with van der Waals surface area (Å²) in [5, 5.41) is 20.3. The van der Waals surface area contributed by atoms with Crippen molar-refractivity contribution < 1.29 is 10.2 Å². The fourth-order valence-corrected chi connectivity index (χ4v) is 2.18. The van der Waals surface area contributed by atoms with Gasteiger partial charge in [-0.2, -0.15) is 9.97 Å². The highest BCUT2D eigenvalue weighted by molar-refractivity contribution is 5.63. The summed E-state index contributed by atoms with van der Waals surface area (Å²) in [5.74, 6) is 5.71. The van der Waals surface area contributed by atoms with E-state index >= 15 is 0 Å². The zero-order valence-electron chi connectivity index (χ0n) is 12.8. The smallest absolute Gasteiger partial charge is 0.352 e. The molecule has 4 N–H and O–H groups in total. The number of phenols is 2. The molecule has 0 amide bonds. The molecular weight excluding hydrogens is 310 g/mol. The average Bonchev–Trinajstić information content (AvgIpc) is 2.60. The molecule has 2 aromatic carbocycles. The third kappa shape index (κ3) is 2.77. The minimum Gasteiger partial charge on any atom is -0.504 e. The number of phenolic OH excluding ortho intramolecular Hbond substituents is 2. The summed E-state index contributed by atoms with van der Waals surface area (Å²) in [5.41, 5.74) is 0.509. The lowest BCUT2D eigenvalue weighted by Crippen LogP contribution is -2.32. The Bertz CT molecular complexity index is 940. The van der Waals surface area contributed by atoms with E-state index in [0.717, 1.165) is 0 Å². The zero-order valence-corrected chi connectivity index (χ0v) is 12.8. The lowest BCUT2D eigenvalue weighted by Gasteiger charge is -2.17. The van der Waals surface area contributed by atoms with Crippen LogP contribution in [0, 0.1) is 0 Å². The number of anilines is 2. The van der Waals surface area contributed by atoms with E-state index in [0.29, 0.717) is 11.3 Å². The summed E-state index contributed by atoms with van der Waals surface area (Å²) in [6, 6.07) is 13.1. The zero-order chi connectivity index (χ0) is 17.3. The van der Waals surface area contributed by atoms with Crippen LogP contribution in [-0.4, -0.2) is 24.7 Å². The number of nitrogens with zero attached hydrogens (tertiary/aromatic N) is 4. The second kappa shape index (κ2) is 6.01. The van der Waals surface area contributed by atoms with E-state index in [1.54, 1.807) is 24.3 Å².